The Bertz CT molecular complexity index is 1350. The number of aromatic nitrogens is 2. The summed E-state index contributed by atoms with van der Waals surface area (Å²) in [5.41, 5.74) is 2.73. The molecule has 162 valence electrons. The molecule has 4 rings (SSSR count). The van der Waals surface area contributed by atoms with Crippen molar-refractivity contribution in [2.45, 2.75) is 12.1 Å². The maximum absolute atomic E-state index is 13.3. The van der Waals surface area contributed by atoms with Gasteiger partial charge >= 0.3 is 0 Å². The van der Waals surface area contributed by atoms with E-state index < -0.39 is 0 Å². The molecule has 0 bridgehead atoms. The Hall–Kier alpha value is -3.58. The number of aryl methyl sites for hydroxylation is 1. The predicted molar refractivity (Wildman–Crippen MR) is 127 cm³/mol. The molecule has 1 heterocycles. The van der Waals surface area contributed by atoms with Crippen molar-refractivity contribution in [1.29, 1.82) is 0 Å². The van der Waals surface area contributed by atoms with E-state index in [0.29, 0.717) is 38.8 Å². The molecule has 0 fully saturated rings. The minimum Gasteiger partial charge on any atom is -0.493 e. The van der Waals surface area contributed by atoms with E-state index in [4.69, 9.17) is 14.5 Å². The highest BCUT2D eigenvalue weighted by Gasteiger charge is 2.16. The van der Waals surface area contributed by atoms with Crippen LogP contribution in [0.5, 0.6) is 11.5 Å². The Morgan fingerprint density at radius 2 is 1.69 bits per heavy atom. The molecule has 0 N–H and O–H groups in total. The summed E-state index contributed by atoms with van der Waals surface area (Å²) in [5, 5.41) is 0.995. The van der Waals surface area contributed by atoms with E-state index in [-0.39, 0.29) is 17.1 Å². The fraction of sp³-hybridized carbons (Fsp3) is 0.160. The number of rotatable bonds is 7. The SMILES string of the molecule is COc1ccc(C(=O)CSc2nc3ccccc3c(=O)n2-c2ccc(C)cc2)cc1OC. The second-order valence-electron chi connectivity index (χ2n) is 7.17. The molecule has 1 aromatic heterocycles. The average Bonchev–Trinajstić information content (AvgIpc) is 2.83. The molecule has 7 heteroatoms. The van der Waals surface area contributed by atoms with Gasteiger partial charge in [0, 0.05) is 5.56 Å². The highest BCUT2D eigenvalue weighted by atomic mass is 32.2. The molecule has 0 aliphatic carbocycles. The number of Topliss-reactive ketones (excluding diaryl/α,β-unsaturated/α-hetero) is 1. The number of benzene rings is 3. The molecule has 0 atom stereocenters. The summed E-state index contributed by atoms with van der Waals surface area (Å²) in [4.78, 5) is 30.9. The summed E-state index contributed by atoms with van der Waals surface area (Å²) < 4.78 is 12.1. The highest BCUT2D eigenvalue weighted by molar-refractivity contribution is 7.99. The Kier molecular flexibility index (Phi) is 6.28. The first-order valence-electron chi connectivity index (χ1n) is 9.98. The van der Waals surface area contributed by atoms with Gasteiger partial charge in [-0.25, -0.2) is 4.98 Å². The lowest BCUT2D eigenvalue weighted by molar-refractivity contribution is 0.102. The smallest absolute Gasteiger partial charge is 0.266 e. The Labute approximate surface area is 189 Å². The summed E-state index contributed by atoms with van der Waals surface area (Å²) >= 11 is 1.23. The maximum atomic E-state index is 13.3. The molecule has 0 unspecified atom stereocenters. The van der Waals surface area contributed by atoms with Gasteiger partial charge in [-0.1, -0.05) is 41.6 Å². The quantitative estimate of drug-likeness (QED) is 0.233. The van der Waals surface area contributed by atoms with Gasteiger partial charge in [-0.15, -0.1) is 0 Å². The second kappa shape index (κ2) is 9.28. The molecule has 4 aromatic rings. The van der Waals surface area contributed by atoms with E-state index in [0.717, 1.165) is 5.56 Å². The third-order valence-electron chi connectivity index (χ3n) is 5.07. The number of fused-ring (bicyclic) bond motifs is 1. The fourth-order valence-electron chi connectivity index (χ4n) is 3.35. The number of carbonyl (C=O) groups is 1. The fourth-order valence-corrected chi connectivity index (χ4v) is 4.26. The van der Waals surface area contributed by atoms with Crippen molar-refractivity contribution in [3.05, 3.63) is 88.2 Å². The van der Waals surface area contributed by atoms with Crippen molar-refractivity contribution < 1.29 is 14.3 Å². The van der Waals surface area contributed by atoms with E-state index >= 15 is 0 Å². The molecular formula is C25H22N2O4S. The van der Waals surface area contributed by atoms with Crippen LogP contribution in [0.3, 0.4) is 0 Å². The second-order valence-corrected chi connectivity index (χ2v) is 8.11. The minimum absolute atomic E-state index is 0.103. The van der Waals surface area contributed by atoms with Crippen molar-refractivity contribution in [2.24, 2.45) is 0 Å². The van der Waals surface area contributed by atoms with Crippen LogP contribution in [-0.2, 0) is 0 Å². The Morgan fingerprint density at radius 3 is 2.41 bits per heavy atom. The summed E-state index contributed by atoms with van der Waals surface area (Å²) in [7, 11) is 3.07. The number of thioether (sulfide) groups is 1. The number of carbonyl (C=O) groups excluding carboxylic acids is 1. The molecule has 6 nitrogen and oxygen atoms in total. The zero-order valence-corrected chi connectivity index (χ0v) is 18.8. The lowest BCUT2D eigenvalue weighted by Crippen LogP contribution is -2.22. The van der Waals surface area contributed by atoms with Gasteiger partial charge in [-0.2, -0.15) is 0 Å². The normalized spacial score (nSPS) is 10.8. The summed E-state index contributed by atoms with van der Waals surface area (Å²) in [6.07, 6.45) is 0. The van der Waals surface area contributed by atoms with E-state index in [1.165, 1.54) is 18.9 Å². The van der Waals surface area contributed by atoms with Crippen molar-refractivity contribution in [2.75, 3.05) is 20.0 Å². The standard InChI is InChI=1S/C25H22N2O4S/c1-16-8-11-18(12-9-16)27-24(29)19-6-4-5-7-20(19)26-25(27)32-15-21(28)17-10-13-22(30-2)23(14-17)31-3/h4-14H,15H2,1-3H3. The van der Waals surface area contributed by atoms with Gasteiger partial charge in [0.2, 0.25) is 0 Å². The molecule has 0 spiro atoms. The van der Waals surface area contributed by atoms with Crippen LogP contribution in [-0.4, -0.2) is 35.3 Å². The monoisotopic (exact) mass is 446 g/mol. The highest BCUT2D eigenvalue weighted by Crippen LogP contribution is 2.29. The zero-order valence-electron chi connectivity index (χ0n) is 18.0. The number of methoxy groups -OCH3 is 2. The predicted octanol–water partition coefficient (Wildman–Crippen LogP) is 4.69. The number of ketones is 1. The zero-order chi connectivity index (χ0) is 22.7. The topological polar surface area (TPSA) is 70.4 Å². The summed E-state index contributed by atoms with van der Waals surface area (Å²) in [6.45, 7) is 1.99. The first-order chi connectivity index (χ1) is 15.5. The average molecular weight is 447 g/mol. The van der Waals surface area contributed by atoms with Crippen molar-refractivity contribution in [1.82, 2.24) is 9.55 Å². The molecule has 0 amide bonds. The molecule has 0 aliphatic rings. The molecule has 0 saturated carbocycles. The third-order valence-corrected chi connectivity index (χ3v) is 6.01. The van der Waals surface area contributed by atoms with Crippen molar-refractivity contribution in [3.8, 4) is 17.2 Å². The summed E-state index contributed by atoms with van der Waals surface area (Å²) in [6, 6.07) is 19.9. The van der Waals surface area contributed by atoms with Crippen LogP contribution in [0.2, 0.25) is 0 Å². The number of ether oxygens (including phenoxy) is 2. The summed E-state index contributed by atoms with van der Waals surface area (Å²) in [5.74, 6) is 1.06. The van der Waals surface area contributed by atoms with Gasteiger partial charge in [0.15, 0.2) is 22.4 Å². The van der Waals surface area contributed by atoms with E-state index in [9.17, 15) is 9.59 Å². The van der Waals surface area contributed by atoms with Crippen LogP contribution in [0.25, 0.3) is 16.6 Å². The molecule has 0 radical (unpaired) electrons. The number of hydrogen-bond donors (Lipinski definition) is 0. The van der Waals surface area contributed by atoms with Crippen molar-refractivity contribution in [3.63, 3.8) is 0 Å². The van der Waals surface area contributed by atoms with Crippen LogP contribution >= 0.6 is 11.8 Å². The first-order valence-corrected chi connectivity index (χ1v) is 11.0. The number of nitrogens with zero attached hydrogens (tertiary/aromatic N) is 2. The van der Waals surface area contributed by atoms with Gasteiger partial charge < -0.3 is 9.47 Å². The molecule has 0 aliphatic heterocycles. The first kappa shape index (κ1) is 21.6. The van der Waals surface area contributed by atoms with Gasteiger partial charge in [0.25, 0.3) is 5.56 Å². The van der Waals surface area contributed by atoms with Gasteiger partial charge in [-0.05, 0) is 49.4 Å². The van der Waals surface area contributed by atoms with Crippen LogP contribution in [0.1, 0.15) is 15.9 Å². The third kappa shape index (κ3) is 4.24. The van der Waals surface area contributed by atoms with Gasteiger partial charge in [0.1, 0.15) is 0 Å². The largest absolute Gasteiger partial charge is 0.493 e. The van der Waals surface area contributed by atoms with E-state index in [1.807, 2.05) is 43.3 Å². The molecule has 3 aromatic carbocycles. The Balaban J connectivity index is 1.71. The van der Waals surface area contributed by atoms with E-state index in [1.54, 1.807) is 42.0 Å². The molecule has 0 saturated heterocycles. The van der Waals surface area contributed by atoms with Crippen molar-refractivity contribution >= 4 is 28.4 Å². The van der Waals surface area contributed by atoms with Crippen LogP contribution in [0.4, 0.5) is 0 Å². The number of para-hydroxylation sites is 1. The Morgan fingerprint density at radius 1 is 0.969 bits per heavy atom. The molecular weight excluding hydrogens is 424 g/mol. The van der Waals surface area contributed by atoms with Gasteiger partial charge in [0.05, 0.1) is 36.6 Å². The van der Waals surface area contributed by atoms with E-state index in [2.05, 4.69) is 0 Å². The minimum atomic E-state index is -0.166. The maximum Gasteiger partial charge on any atom is 0.266 e. The van der Waals surface area contributed by atoms with Crippen LogP contribution < -0.4 is 15.0 Å². The molecule has 32 heavy (non-hydrogen) atoms. The number of hydrogen-bond acceptors (Lipinski definition) is 6. The lowest BCUT2D eigenvalue weighted by atomic mass is 10.1. The van der Waals surface area contributed by atoms with Gasteiger partial charge in [-0.3, -0.25) is 14.2 Å². The van der Waals surface area contributed by atoms with Crippen LogP contribution in [0.15, 0.2) is 76.7 Å². The van der Waals surface area contributed by atoms with Crippen LogP contribution in [0, 0.1) is 6.92 Å². The lowest BCUT2D eigenvalue weighted by Gasteiger charge is -2.13.